The molecule has 0 atom stereocenters. The molecule has 0 aromatic heterocycles. The van der Waals surface area contributed by atoms with Crippen LogP contribution in [0.2, 0.25) is 0 Å². The number of hydrogen-bond donors (Lipinski definition) is 1. The molecule has 0 aliphatic rings. The first-order valence-electron chi connectivity index (χ1n) is 4.75. The first kappa shape index (κ1) is 11.6. The van der Waals surface area contributed by atoms with Gasteiger partial charge in [0.25, 0.3) is 5.69 Å². The van der Waals surface area contributed by atoms with Crippen molar-refractivity contribution >= 4 is 5.69 Å². The highest BCUT2D eigenvalue weighted by Crippen LogP contribution is 2.13. The molecule has 1 aromatic rings. The van der Waals surface area contributed by atoms with Crippen molar-refractivity contribution in [2.75, 3.05) is 13.2 Å². The van der Waals surface area contributed by atoms with Crippen molar-refractivity contribution in [3.8, 4) is 0 Å². The summed E-state index contributed by atoms with van der Waals surface area (Å²) >= 11 is 0. The highest BCUT2D eigenvalue weighted by Gasteiger charge is 2.04. The second-order valence-corrected chi connectivity index (χ2v) is 3.12. The third kappa shape index (κ3) is 4.05. The van der Waals surface area contributed by atoms with Crippen molar-refractivity contribution in [3.05, 3.63) is 39.9 Å². The fourth-order valence-electron chi connectivity index (χ4n) is 1.14. The van der Waals surface area contributed by atoms with E-state index in [9.17, 15) is 10.1 Å². The van der Waals surface area contributed by atoms with Crippen LogP contribution in [0.25, 0.3) is 0 Å². The van der Waals surface area contributed by atoms with E-state index in [4.69, 9.17) is 10.5 Å². The minimum atomic E-state index is -0.413. The highest BCUT2D eigenvalue weighted by atomic mass is 16.6. The molecule has 0 spiro atoms. The standard InChI is InChI=1S/C10H14N2O3/c11-5-2-6-15-8-9-3-1-4-10(7-9)12(13)14/h1,3-4,7H,2,5-6,8,11H2. The lowest BCUT2D eigenvalue weighted by molar-refractivity contribution is -0.384. The van der Waals surface area contributed by atoms with Gasteiger partial charge in [0.05, 0.1) is 11.5 Å². The Morgan fingerprint density at radius 3 is 2.93 bits per heavy atom. The van der Waals surface area contributed by atoms with Crippen LogP contribution in [0.3, 0.4) is 0 Å². The minimum absolute atomic E-state index is 0.0925. The maximum atomic E-state index is 10.5. The molecule has 5 nitrogen and oxygen atoms in total. The van der Waals surface area contributed by atoms with Gasteiger partial charge in [-0.2, -0.15) is 0 Å². The normalized spacial score (nSPS) is 10.2. The Morgan fingerprint density at radius 2 is 2.27 bits per heavy atom. The third-order valence-electron chi connectivity index (χ3n) is 1.88. The molecular formula is C10H14N2O3. The van der Waals surface area contributed by atoms with Gasteiger partial charge >= 0.3 is 0 Å². The predicted octanol–water partition coefficient (Wildman–Crippen LogP) is 1.46. The Labute approximate surface area is 88.0 Å². The lowest BCUT2D eigenvalue weighted by atomic mass is 10.2. The van der Waals surface area contributed by atoms with Crippen LogP contribution in [0.1, 0.15) is 12.0 Å². The molecule has 0 amide bonds. The van der Waals surface area contributed by atoms with E-state index in [1.165, 1.54) is 12.1 Å². The number of nitro benzene ring substituents is 1. The molecule has 0 fully saturated rings. The lowest BCUT2D eigenvalue weighted by Gasteiger charge is -2.02. The molecular weight excluding hydrogens is 196 g/mol. The van der Waals surface area contributed by atoms with Crippen molar-refractivity contribution in [3.63, 3.8) is 0 Å². The average Bonchev–Trinajstić information content (AvgIpc) is 2.25. The van der Waals surface area contributed by atoms with E-state index >= 15 is 0 Å². The van der Waals surface area contributed by atoms with Gasteiger partial charge in [-0.25, -0.2) is 0 Å². The fraction of sp³-hybridized carbons (Fsp3) is 0.400. The molecule has 0 aliphatic carbocycles. The second-order valence-electron chi connectivity index (χ2n) is 3.12. The molecule has 0 heterocycles. The maximum absolute atomic E-state index is 10.5. The minimum Gasteiger partial charge on any atom is -0.377 e. The van der Waals surface area contributed by atoms with Crippen LogP contribution in [0.15, 0.2) is 24.3 Å². The Hall–Kier alpha value is -1.46. The SMILES string of the molecule is NCCCOCc1cccc([N+](=O)[O-])c1. The lowest BCUT2D eigenvalue weighted by Crippen LogP contribution is -2.04. The molecule has 0 bridgehead atoms. The molecule has 1 aromatic carbocycles. The molecule has 0 unspecified atom stereocenters. The van der Waals surface area contributed by atoms with E-state index in [-0.39, 0.29) is 5.69 Å². The Kier molecular flexibility index (Phi) is 4.73. The van der Waals surface area contributed by atoms with Crippen LogP contribution in [-0.2, 0) is 11.3 Å². The van der Waals surface area contributed by atoms with E-state index in [1.54, 1.807) is 12.1 Å². The quantitative estimate of drug-likeness (QED) is 0.438. The molecule has 0 saturated carbocycles. The van der Waals surface area contributed by atoms with E-state index in [0.717, 1.165) is 12.0 Å². The molecule has 15 heavy (non-hydrogen) atoms. The zero-order valence-corrected chi connectivity index (χ0v) is 8.39. The van der Waals surface area contributed by atoms with Gasteiger partial charge in [0.1, 0.15) is 0 Å². The number of nitrogens with two attached hydrogens (primary N) is 1. The van der Waals surface area contributed by atoms with Crippen LogP contribution in [-0.4, -0.2) is 18.1 Å². The summed E-state index contributed by atoms with van der Waals surface area (Å²) in [5.74, 6) is 0. The van der Waals surface area contributed by atoms with Crippen LogP contribution in [0.4, 0.5) is 5.69 Å². The molecule has 0 saturated heterocycles. The number of hydrogen-bond acceptors (Lipinski definition) is 4. The molecule has 0 aliphatic heterocycles. The number of non-ortho nitro benzene ring substituents is 1. The number of ether oxygens (including phenoxy) is 1. The number of rotatable bonds is 6. The summed E-state index contributed by atoms with van der Waals surface area (Å²) in [6.07, 6.45) is 0.801. The smallest absolute Gasteiger partial charge is 0.269 e. The third-order valence-corrected chi connectivity index (χ3v) is 1.88. The summed E-state index contributed by atoms with van der Waals surface area (Å²) in [7, 11) is 0. The topological polar surface area (TPSA) is 78.4 Å². The Morgan fingerprint density at radius 1 is 1.47 bits per heavy atom. The molecule has 5 heteroatoms. The van der Waals surface area contributed by atoms with Crippen LogP contribution < -0.4 is 5.73 Å². The van der Waals surface area contributed by atoms with E-state index in [0.29, 0.717) is 19.8 Å². The van der Waals surface area contributed by atoms with Gasteiger partial charge in [0.2, 0.25) is 0 Å². The Bertz CT molecular complexity index is 328. The number of benzene rings is 1. The van der Waals surface area contributed by atoms with Crippen molar-refractivity contribution in [1.82, 2.24) is 0 Å². The first-order chi connectivity index (χ1) is 7.24. The summed E-state index contributed by atoms with van der Waals surface area (Å²) in [5, 5.41) is 10.5. The van der Waals surface area contributed by atoms with E-state index in [2.05, 4.69) is 0 Å². The summed E-state index contributed by atoms with van der Waals surface area (Å²) in [6, 6.07) is 6.43. The van der Waals surface area contributed by atoms with Crippen molar-refractivity contribution in [2.45, 2.75) is 13.0 Å². The zero-order valence-electron chi connectivity index (χ0n) is 8.39. The first-order valence-corrected chi connectivity index (χ1v) is 4.75. The van der Waals surface area contributed by atoms with Crippen LogP contribution in [0.5, 0.6) is 0 Å². The van der Waals surface area contributed by atoms with E-state index < -0.39 is 4.92 Å². The zero-order chi connectivity index (χ0) is 11.1. The van der Waals surface area contributed by atoms with Crippen molar-refractivity contribution in [1.29, 1.82) is 0 Å². The Balaban J connectivity index is 2.47. The summed E-state index contributed by atoms with van der Waals surface area (Å²) in [4.78, 5) is 10.1. The summed E-state index contributed by atoms with van der Waals surface area (Å²) in [5.41, 5.74) is 6.20. The monoisotopic (exact) mass is 210 g/mol. The fourth-order valence-corrected chi connectivity index (χ4v) is 1.14. The van der Waals surface area contributed by atoms with Crippen LogP contribution >= 0.6 is 0 Å². The van der Waals surface area contributed by atoms with Gasteiger partial charge in [-0.1, -0.05) is 12.1 Å². The molecule has 1 rings (SSSR count). The molecule has 82 valence electrons. The van der Waals surface area contributed by atoms with Gasteiger partial charge in [-0.05, 0) is 18.5 Å². The van der Waals surface area contributed by atoms with Gasteiger partial charge < -0.3 is 10.5 Å². The number of nitro groups is 1. The summed E-state index contributed by atoms with van der Waals surface area (Å²) < 4.78 is 5.29. The van der Waals surface area contributed by atoms with Gasteiger partial charge in [0.15, 0.2) is 0 Å². The van der Waals surface area contributed by atoms with Crippen molar-refractivity contribution < 1.29 is 9.66 Å². The van der Waals surface area contributed by atoms with Crippen LogP contribution in [0, 0.1) is 10.1 Å². The van der Waals surface area contributed by atoms with Gasteiger partial charge in [-0.3, -0.25) is 10.1 Å². The van der Waals surface area contributed by atoms with Gasteiger partial charge in [-0.15, -0.1) is 0 Å². The second kappa shape index (κ2) is 6.10. The van der Waals surface area contributed by atoms with Gasteiger partial charge in [0, 0.05) is 18.7 Å². The van der Waals surface area contributed by atoms with Crippen molar-refractivity contribution in [2.24, 2.45) is 5.73 Å². The largest absolute Gasteiger partial charge is 0.377 e. The maximum Gasteiger partial charge on any atom is 0.269 e. The predicted molar refractivity (Wildman–Crippen MR) is 56.4 cm³/mol. The summed E-state index contributed by atoms with van der Waals surface area (Å²) in [6.45, 7) is 1.57. The molecule has 2 N–H and O–H groups in total. The average molecular weight is 210 g/mol. The highest BCUT2D eigenvalue weighted by molar-refractivity contribution is 5.33. The number of nitrogens with zero attached hydrogens (tertiary/aromatic N) is 1. The molecule has 0 radical (unpaired) electrons. The van der Waals surface area contributed by atoms with E-state index in [1.807, 2.05) is 0 Å².